The lowest BCUT2D eigenvalue weighted by Crippen LogP contribution is -2.78. The van der Waals surface area contributed by atoms with Crippen molar-refractivity contribution in [2.24, 2.45) is 0 Å². The van der Waals surface area contributed by atoms with Gasteiger partial charge in [0.2, 0.25) is 0 Å². The number of hydrogen-bond donors (Lipinski definition) is 1. The molecule has 4 nitrogen and oxygen atoms in total. The van der Waals surface area contributed by atoms with Crippen LogP contribution in [0, 0.1) is 0 Å². The fourth-order valence-corrected chi connectivity index (χ4v) is 2.74. The minimum absolute atomic E-state index is 0.517. The molecule has 0 saturated carbocycles. The summed E-state index contributed by atoms with van der Waals surface area (Å²) in [5.74, 6) is -98.9. The van der Waals surface area contributed by atoms with E-state index in [1.54, 1.807) is 0 Å². The number of ether oxygens (including phenoxy) is 2. The molecule has 0 aromatic carbocycles. The van der Waals surface area contributed by atoms with Gasteiger partial charge in [0.1, 0.15) is 12.7 Å². The van der Waals surface area contributed by atoms with Crippen LogP contribution in [0.2, 0.25) is 0 Å². The number of esters is 1. The normalized spacial score (nSPS) is 16.3. The summed E-state index contributed by atoms with van der Waals surface area (Å²) in [6, 6.07) is 0. The van der Waals surface area contributed by atoms with Gasteiger partial charge in [-0.05, 0) is 6.92 Å². The predicted octanol–water partition coefficient (Wildman–Crippen LogP) is 7.74. The lowest BCUT2D eigenvalue weighted by atomic mass is 9.84. The van der Waals surface area contributed by atoms with Crippen LogP contribution in [0.3, 0.4) is 0 Å². The first-order chi connectivity index (χ1) is 20.7. The van der Waals surface area contributed by atoms with Crippen molar-refractivity contribution in [1.82, 2.24) is 0 Å². The largest absolute Gasteiger partial charge is 0.454 e. The molecular weight excluding hydrogens is 760 g/mol. The van der Waals surface area contributed by atoms with Gasteiger partial charge in [0.25, 0.3) is 0 Å². The third kappa shape index (κ3) is 6.42. The fourth-order valence-electron chi connectivity index (χ4n) is 2.74. The summed E-state index contributed by atoms with van der Waals surface area (Å²) in [4.78, 5) is 11.2. The molecule has 0 saturated heterocycles. The average molecular weight is 774 g/mol. The molecule has 1 unspecified atom stereocenters. The maximum atomic E-state index is 13.9. The molecule has 0 radical (unpaired) electrons. The standard InChI is InChI=1S/C20H14F24O4/c1-6(2)8(46)48-7(3-45)4-47-5-10(23,24)12(27,28)14(31,32)16(35,36)18(39,40)20(43,44)19(41,42)17(37,38)15(33,34)13(29,30)11(25,26)9(21)22/h7,9,45H,1,3-5H2,2H3. The van der Waals surface area contributed by atoms with Gasteiger partial charge < -0.3 is 14.6 Å². The maximum Gasteiger partial charge on any atom is 0.385 e. The highest BCUT2D eigenvalue weighted by Crippen LogP contribution is 2.67. The molecule has 0 aromatic heterocycles. The van der Waals surface area contributed by atoms with Crippen LogP contribution in [0.25, 0.3) is 0 Å². The molecule has 0 aliphatic heterocycles. The summed E-state index contributed by atoms with van der Waals surface area (Å²) in [5, 5.41) is 8.86. The van der Waals surface area contributed by atoms with Gasteiger partial charge in [-0.3, -0.25) is 0 Å². The van der Waals surface area contributed by atoms with Gasteiger partial charge in [-0.15, -0.1) is 0 Å². The molecule has 286 valence electrons. The Morgan fingerprint density at radius 2 is 0.875 bits per heavy atom. The quantitative estimate of drug-likeness (QED) is 0.0881. The Kier molecular flexibility index (Phi) is 12.3. The molecule has 0 aliphatic carbocycles. The van der Waals surface area contributed by atoms with Crippen LogP contribution < -0.4 is 0 Å². The highest BCUT2D eigenvalue weighted by molar-refractivity contribution is 5.87. The zero-order valence-electron chi connectivity index (χ0n) is 22.2. The molecule has 0 bridgehead atoms. The molecule has 0 fully saturated rings. The van der Waals surface area contributed by atoms with E-state index in [9.17, 15) is 110 Å². The predicted molar refractivity (Wildman–Crippen MR) is 103 cm³/mol. The monoisotopic (exact) mass is 774 g/mol. The number of hydrogen-bond acceptors (Lipinski definition) is 4. The molecule has 0 amide bonds. The van der Waals surface area contributed by atoms with Crippen molar-refractivity contribution in [3.05, 3.63) is 12.2 Å². The van der Waals surface area contributed by atoms with Gasteiger partial charge in [0.15, 0.2) is 0 Å². The number of aliphatic hydroxyl groups is 1. The van der Waals surface area contributed by atoms with E-state index in [2.05, 4.69) is 16.1 Å². The van der Waals surface area contributed by atoms with Crippen molar-refractivity contribution in [3.63, 3.8) is 0 Å². The van der Waals surface area contributed by atoms with Crippen LogP contribution in [0.4, 0.5) is 105 Å². The summed E-state index contributed by atoms with van der Waals surface area (Å²) in [5.41, 5.74) is -0.517. The van der Waals surface area contributed by atoms with Crippen molar-refractivity contribution in [2.45, 2.75) is 84.6 Å². The van der Waals surface area contributed by atoms with Gasteiger partial charge in [-0.2, -0.15) is 96.6 Å². The molecule has 1 atom stereocenters. The van der Waals surface area contributed by atoms with Gasteiger partial charge in [0.05, 0.1) is 13.2 Å². The fraction of sp³-hybridized carbons (Fsp3) is 0.850. The zero-order chi connectivity index (χ0) is 39.3. The first kappa shape index (κ1) is 45.5. The Bertz CT molecular complexity index is 1160. The molecule has 0 aromatic rings. The highest BCUT2D eigenvalue weighted by Gasteiger charge is 2.98. The number of rotatable bonds is 18. The Labute approximate surface area is 248 Å². The van der Waals surface area contributed by atoms with Crippen LogP contribution in [0.5, 0.6) is 0 Å². The lowest BCUT2D eigenvalue weighted by molar-refractivity contribution is -0.476. The van der Waals surface area contributed by atoms with E-state index < -0.39 is 109 Å². The molecular formula is C20H14F24O4. The summed E-state index contributed by atoms with van der Waals surface area (Å²) in [7, 11) is 0. The molecule has 28 heteroatoms. The second-order valence-corrected chi connectivity index (χ2v) is 9.30. The van der Waals surface area contributed by atoms with Crippen molar-refractivity contribution >= 4 is 5.97 Å². The zero-order valence-corrected chi connectivity index (χ0v) is 22.2. The van der Waals surface area contributed by atoms with E-state index in [4.69, 9.17) is 5.11 Å². The Morgan fingerprint density at radius 1 is 0.583 bits per heavy atom. The third-order valence-electron chi connectivity index (χ3n) is 5.72. The SMILES string of the molecule is C=C(C)C(=O)OC(CO)COCC(F)(F)C(F)(F)C(F)(F)C(F)(F)C(F)(F)C(F)(F)C(F)(F)C(F)(F)C(F)(F)C(F)(F)C(F)(F)C(F)F. The summed E-state index contributed by atoms with van der Waals surface area (Å²) in [6.45, 7) is -2.87. The Hall–Kier alpha value is -2.55. The van der Waals surface area contributed by atoms with Crippen LogP contribution in [-0.4, -0.2) is 109 Å². The topological polar surface area (TPSA) is 55.8 Å². The molecule has 48 heavy (non-hydrogen) atoms. The molecule has 0 spiro atoms. The smallest absolute Gasteiger partial charge is 0.385 e. The first-order valence-electron chi connectivity index (χ1n) is 11.2. The summed E-state index contributed by atoms with van der Waals surface area (Å²) < 4.78 is 332. The van der Waals surface area contributed by atoms with Gasteiger partial charge >= 0.3 is 77.5 Å². The highest BCUT2D eigenvalue weighted by atomic mass is 19.4. The van der Waals surface area contributed by atoms with Crippen LogP contribution in [0.15, 0.2) is 12.2 Å². The van der Waals surface area contributed by atoms with E-state index in [1.165, 1.54) is 0 Å². The molecule has 0 aliphatic rings. The van der Waals surface area contributed by atoms with Crippen molar-refractivity contribution in [1.29, 1.82) is 0 Å². The number of carbonyl (C=O) groups excluding carboxylic acids is 1. The summed E-state index contributed by atoms with van der Waals surface area (Å²) in [6.07, 6.45) is -8.50. The van der Waals surface area contributed by atoms with E-state index in [1.807, 2.05) is 0 Å². The second-order valence-electron chi connectivity index (χ2n) is 9.30. The molecule has 0 rings (SSSR count). The Morgan fingerprint density at radius 3 is 1.15 bits per heavy atom. The second kappa shape index (κ2) is 13.0. The third-order valence-corrected chi connectivity index (χ3v) is 5.72. The molecule has 0 heterocycles. The van der Waals surface area contributed by atoms with E-state index in [0.717, 1.165) is 6.92 Å². The first-order valence-corrected chi connectivity index (χ1v) is 11.2. The number of alkyl halides is 24. The van der Waals surface area contributed by atoms with Crippen molar-refractivity contribution < 1.29 is 125 Å². The van der Waals surface area contributed by atoms with Crippen molar-refractivity contribution in [3.8, 4) is 0 Å². The molecule has 1 N–H and O–H groups in total. The summed E-state index contributed by atoms with van der Waals surface area (Å²) >= 11 is 0. The number of halogens is 24. The average Bonchev–Trinajstić information content (AvgIpc) is 2.90. The number of carbonyl (C=O) groups is 1. The minimum Gasteiger partial charge on any atom is -0.454 e. The van der Waals surface area contributed by atoms with Gasteiger partial charge in [0, 0.05) is 5.57 Å². The minimum atomic E-state index is -9.56. The van der Waals surface area contributed by atoms with Crippen LogP contribution in [0.1, 0.15) is 6.92 Å². The van der Waals surface area contributed by atoms with Gasteiger partial charge in [-0.1, -0.05) is 6.58 Å². The maximum absolute atomic E-state index is 13.9. The van der Waals surface area contributed by atoms with E-state index >= 15 is 0 Å². The lowest BCUT2D eigenvalue weighted by Gasteiger charge is -2.45. The number of aliphatic hydroxyl groups excluding tert-OH is 1. The Balaban J connectivity index is 6.86. The van der Waals surface area contributed by atoms with Gasteiger partial charge in [-0.25, -0.2) is 13.6 Å². The van der Waals surface area contributed by atoms with Crippen LogP contribution in [-0.2, 0) is 14.3 Å². The van der Waals surface area contributed by atoms with Crippen molar-refractivity contribution in [2.75, 3.05) is 19.8 Å². The van der Waals surface area contributed by atoms with E-state index in [-0.39, 0.29) is 0 Å². The van der Waals surface area contributed by atoms with Crippen LogP contribution >= 0.6 is 0 Å². The van der Waals surface area contributed by atoms with E-state index in [0.29, 0.717) is 0 Å².